The average molecular weight is 816 g/mol. The highest BCUT2D eigenvalue weighted by atomic mass is 15.2. The van der Waals surface area contributed by atoms with Crippen molar-refractivity contribution >= 4 is 117 Å². The van der Waals surface area contributed by atoms with E-state index in [-0.39, 0.29) is 6.71 Å². The van der Waals surface area contributed by atoms with Gasteiger partial charge in [0, 0.05) is 55.7 Å². The highest BCUT2D eigenvalue weighted by Gasteiger charge is 2.45. The van der Waals surface area contributed by atoms with Crippen LogP contribution in [-0.2, 0) is 0 Å². The van der Waals surface area contributed by atoms with Crippen LogP contribution in [0.5, 0.6) is 0 Å². The topological polar surface area (TPSA) is 9.72 Å². The molecule has 13 rings (SSSR count). The molecule has 2 heterocycles. The Bertz CT molecular complexity index is 3460. The summed E-state index contributed by atoms with van der Waals surface area (Å²) in [6, 6.07) is 81.5. The summed E-state index contributed by atoms with van der Waals surface area (Å²) >= 11 is 0. The normalized spacial score (nSPS) is 12.8. The van der Waals surface area contributed by atoms with Crippen molar-refractivity contribution in [3.05, 3.63) is 230 Å². The maximum Gasteiger partial charge on any atom is 0.252 e. The molecule has 0 aliphatic carbocycles. The molecule has 11 aromatic rings. The summed E-state index contributed by atoms with van der Waals surface area (Å²) in [5.41, 5.74) is 16.8. The fourth-order valence-electron chi connectivity index (χ4n) is 10.9. The van der Waals surface area contributed by atoms with Gasteiger partial charge in [-0.2, -0.15) is 0 Å². The van der Waals surface area contributed by atoms with Crippen molar-refractivity contribution < 1.29 is 0 Å². The van der Waals surface area contributed by atoms with Crippen LogP contribution in [0.4, 0.5) is 51.2 Å². The van der Waals surface area contributed by atoms with Gasteiger partial charge in [0.15, 0.2) is 0 Å². The van der Waals surface area contributed by atoms with Crippen LogP contribution in [0.1, 0.15) is 11.1 Å². The Morgan fingerprint density at radius 3 is 1.17 bits per heavy atom. The second-order valence-corrected chi connectivity index (χ2v) is 17.5. The summed E-state index contributed by atoms with van der Waals surface area (Å²) in [6.45, 7) is 4.32. The van der Waals surface area contributed by atoms with Crippen molar-refractivity contribution in [2.45, 2.75) is 13.8 Å². The third-order valence-electron chi connectivity index (χ3n) is 13.6. The van der Waals surface area contributed by atoms with Crippen molar-refractivity contribution in [2.24, 2.45) is 0 Å². The van der Waals surface area contributed by atoms with Gasteiger partial charge in [-0.3, -0.25) is 0 Å². The Hall–Kier alpha value is -8.08. The first-order valence-electron chi connectivity index (χ1n) is 22.3. The van der Waals surface area contributed by atoms with E-state index in [0.29, 0.717) is 0 Å². The van der Waals surface area contributed by atoms with Gasteiger partial charge < -0.3 is 14.7 Å². The zero-order valence-corrected chi connectivity index (χ0v) is 35.7. The highest BCUT2D eigenvalue weighted by Crippen LogP contribution is 2.52. The van der Waals surface area contributed by atoms with Crippen LogP contribution in [0, 0.1) is 13.8 Å². The zero-order valence-electron chi connectivity index (χ0n) is 35.7. The fourth-order valence-corrected chi connectivity index (χ4v) is 10.9. The molecule has 3 nitrogen and oxygen atoms in total. The number of benzene rings is 11. The summed E-state index contributed by atoms with van der Waals surface area (Å²) in [5, 5.41) is 9.76. The molecule has 0 aromatic heterocycles. The molecule has 0 saturated carbocycles. The van der Waals surface area contributed by atoms with Crippen LogP contribution in [0.3, 0.4) is 0 Å². The number of nitrogens with zero attached hydrogens (tertiary/aromatic N) is 3. The van der Waals surface area contributed by atoms with Gasteiger partial charge in [-0.05, 0) is 111 Å². The van der Waals surface area contributed by atoms with Gasteiger partial charge in [0.1, 0.15) is 0 Å². The van der Waals surface area contributed by atoms with Crippen LogP contribution >= 0.6 is 0 Å². The molecular weight excluding hydrogens is 773 g/mol. The van der Waals surface area contributed by atoms with Gasteiger partial charge in [-0.1, -0.05) is 170 Å². The lowest BCUT2D eigenvalue weighted by atomic mass is 9.33. The van der Waals surface area contributed by atoms with E-state index < -0.39 is 0 Å². The predicted molar refractivity (Wildman–Crippen MR) is 275 cm³/mol. The largest absolute Gasteiger partial charge is 0.310 e. The maximum absolute atomic E-state index is 2.61. The number of fused-ring (bicyclic) bond motifs is 10. The second kappa shape index (κ2) is 14.2. The van der Waals surface area contributed by atoms with E-state index in [1.807, 2.05) is 0 Å². The van der Waals surface area contributed by atoms with E-state index >= 15 is 0 Å². The molecule has 2 aliphatic heterocycles. The first kappa shape index (κ1) is 36.6. The predicted octanol–water partition coefficient (Wildman–Crippen LogP) is 14.5. The SMILES string of the molecule is Cc1cccc(N(c2cccc(C)c2)c2cc3c4c(c2)N(c2cccc5ccccc25)c2c(ccc5ccccc25)B4c2ccc4ccccc4c2N3c2cccc3ccccc23)c1. The Labute approximate surface area is 373 Å². The average Bonchev–Trinajstić information content (AvgIpc) is 3.33. The summed E-state index contributed by atoms with van der Waals surface area (Å²) < 4.78 is 0. The first-order valence-corrected chi connectivity index (χ1v) is 22.3. The van der Waals surface area contributed by atoms with E-state index in [9.17, 15) is 0 Å². The molecule has 0 radical (unpaired) electrons. The Morgan fingerprint density at radius 2 is 0.719 bits per heavy atom. The van der Waals surface area contributed by atoms with Gasteiger partial charge >= 0.3 is 0 Å². The third kappa shape index (κ3) is 5.49. The number of hydrogen-bond donors (Lipinski definition) is 0. The fraction of sp³-hybridized carbons (Fsp3) is 0.0333. The Morgan fingerprint density at radius 1 is 0.328 bits per heavy atom. The minimum absolute atomic E-state index is 0.0536. The maximum atomic E-state index is 2.61. The third-order valence-corrected chi connectivity index (χ3v) is 13.6. The summed E-state index contributed by atoms with van der Waals surface area (Å²) in [4.78, 5) is 7.68. The molecule has 64 heavy (non-hydrogen) atoms. The molecule has 11 aromatic carbocycles. The Balaban J connectivity index is 1.24. The van der Waals surface area contributed by atoms with E-state index in [1.165, 1.54) is 93.4 Å². The number of anilines is 9. The lowest BCUT2D eigenvalue weighted by molar-refractivity contribution is 1.23. The minimum atomic E-state index is -0.0536. The van der Waals surface area contributed by atoms with E-state index in [1.54, 1.807) is 0 Å². The zero-order chi connectivity index (χ0) is 42.5. The van der Waals surface area contributed by atoms with Crippen molar-refractivity contribution in [3.8, 4) is 0 Å². The Kier molecular flexibility index (Phi) is 8.13. The van der Waals surface area contributed by atoms with E-state index in [4.69, 9.17) is 0 Å². The molecule has 0 unspecified atom stereocenters. The summed E-state index contributed by atoms with van der Waals surface area (Å²) in [5.74, 6) is 0. The molecule has 0 amide bonds. The van der Waals surface area contributed by atoms with Gasteiger partial charge in [-0.25, -0.2) is 0 Å². The van der Waals surface area contributed by atoms with Crippen LogP contribution in [-0.4, -0.2) is 6.71 Å². The molecule has 0 saturated heterocycles. The molecule has 0 N–H and O–H groups in total. The molecule has 300 valence electrons. The van der Waals surface area contributed by atoms with Crippen molar-refractivity contribution in [2.75, 3.05) is 14.7 Å². The van der Waals surface area contributed by atoms with E-state index in [0.717, 1.165) is 28.4 Å². The van der Waals surface area contributed by atoms with Gasteiger partial charge in [0.2, 0.25) is 0 Å². The molecular formula is C60H42BN3. The molecule has 0 spiro atoms. The molecule has 0 atom stereocenters. The standard InChI is InChI=1S/C60H42BN3/c1-39-15-11-23-45(35-39)62(46-24-12-16-40(2)36-46)47-37-56-58-57(38-47)64(55-30-14-22-42-18-4-8-26-49(42)55)60-51-28-10-6-20-44(51)32-34-53(60)61(58)52-33-31-43-19-5-9-27-50(43)59(52)63(56)54-29-13-21-41-17-3-7-25-48(41)54/h3-38H,1-2H3. The van der Waals surface area contributed by atoms with Crippen molar-refractivity contribution in [1.29, 1.82) is 0 Å². The molecule has 2 aliphatic rings. The molecule has 4 heteroatoms. The smallest absolute Gasteiger partial charge is 0.252 e. The highest BCUT2D eigenvalue weighted by molar-refractivity contribution is 7.00. The summed E-state index contributed by atoms with van der Waals surface area (Å²) in [7, 11) is 0. The number of rotatable bonds is 5. The van der Waals surface area contributed by atoms with Crippen molar-refractivity contribution in [3.63, 3.8) is 0 Å². The van der Waals surface area contributed by atoms with Gasteiger partial charge in [0.25, 0.3) is 6.71 Å². The van der Waals surface area contributed by atoms with Crippen LogP contribution < -0.4 is 31.1 Å². The van der Waals surface area contributed by atoms with E-state index in [2.05, 4.69) is 247 Å². The lowest BCUT2D eigenvalue weighted by Gasteiger charge is -2.46. The van der Waals surface area contributed by atoms with Crippen LogP contribution in [0.15, 0.2) is 218 Å². The minimum Gasteiger partial charge on any atom is -0.310 e. The molecule has 0 fully saturated rings. The summed E-state index contributed by atoms with van der Waals surface area (Å²) in [6.07, 6.45) is 0. The lowest BCUT2D eigenvalue weighted by Crippen LogP contribution is -2.61. The van der Waals surface area contributed by atoms with Crippen molar-refractivity contribution in [1.82, 2.24) is 0 Å². The first-order chi connectivity index (χ1) is 31.6. The number of aryl methyl sites for hydroxylation is 2. The monoisotopic (exact) mass is 815 g/mol. The number of hydrogen-bond acceptors (Lipinski definition) is 3. The quantitative estimate of drug-likeness (QED) is 0.160. The van der Waals surface area contributed by atoms with Crippen LogP contribution in [0.2, 0.25) is 0 Å². The molecule has 0 bridgehead atoms. The second-order valence-electron chi connectivity index (χ2n) is 17.5. The van der Waals surface area contributed by atoms with Gasteiger partial charge in [0.05, 0.1) is 17.1 Å². The van der Waals surface area contributed by atoms with Gasteiger partial charge in [-0.15, -0.1) is 0 Å². The van der Waals surface area contributed by atoms with Crippen LogP contribution in [0.25, 0.3) is 43.1 Å².